The van der Waals surface area contributed by atoms with Gasteiger partial charge in [-0.05, 0) is 232 Å². The van der Waals surface area contributed by atoms with Gasteiger partial charge in [-0.2, -0.15) is 40.2 Å². The maximum Gasteiger partial charge on any atom is 0.335 e. The van der Waals surface area contributed by atoms with Crippen LogP contribution in [0.15, 0.2) is 340 Å². The smallest absolute Gasteiger partial charge is 0.335 e. The number of rotatable bonds is 16. The van der Waals surface area contributed by atoms with E-state index in [-0.39, 0.29) is 18.7 Å². The highest BCUT2D eigenvalue weighted by Gasteiger charge is 2.19. The third-order valence-electron chi connectivity index (χ3n) is 19.0. The van der Waals surface area contributed by atoms with Crippen LogP contribution in [0.4, 0.5) is 27.8 Å². The molecule has 28 nitrogen and oxygen atoms in total. The van der Waals surface area contributed by atoms with Crippen molar-refractivity contribution in [3.63, 3.8) is 0 Å². The molecule has 0 bridgehead atoms. The molecule has 0 radical (unpaired) electrons. The summed E-state index contributed by atoms with van der Waals surface area (Å²) in [5.74, 6) is -5.41. The van der Waals surface area contributed by atoms with E-state index in [0.29, 0.717) is 47.0 Å². The largest absolute Gasteiger partial charge is 0.364 e. The van der Waals surface area contributed by atoms with Crippen molar-refractivity contribution in [2.75, 3.05) is 5.32 Å². The molecule has 2 amide bonds. The van der Waals surface area contributed by atoms with E-state index in [2.05, 4.69) is 184 Å². The SMILES string of the molecule is Ic1cn(-c2ccccc2)c2ncccc12.N#Cc1cc(-c2cn(-c3ccccc3)c3ncccc23)ccn1.N#Cc1cc(Br)ccn1.NCc1cc(-c2cn(-c3ccccc3)c3ncccc23)ccn1.O=C(NCc1ccc(F)c(F)c1)c1cccnc1F.O=C(NCc1ccc(F)c(F)c1)c1cccnc1NCc1cc(-c2c[nH]c3ncccc23)ccn1.O=S=O.O=S=O.O=S=O. The van der Waals surface area contributed by atoms with E-state index in [1.165, 1.54) is 39.4 Å². The molecular formula is C96H69BrF5IN20O8S3. The predicted molar refractivity (Wildman–Crippen MR) is 509 cm³/mol. The number of nitrogens with one attached hydrogen (secondary N) is 4. The molecular weight excluding hydrogens is 1960 g/mol. The number of benzene rings is 5. The Kier molecular flexibility index (Phi) is 37.2. The fraction of sp³-hybridized carbons (Fsp3) is 0.0417. The topological polar surface area (TPSA) is 406 Å². The van der Waals surface area contributed by atoms with Crippen LogP contribution in [-0.4, -0.2) is 106 Å². The van der Waals surface area contributed by atoms with Crippen molar-refractivity contribution in [3.05, 3.63) is 418 Å². The molecule has 0 fully saturated rings. The number of carbonyl (C=O) groups is 2. The molecule has 14 aromatic heterocycles. The number of fused-ring (bicyclic) bond motifs is 4. The van der Waals surface area contributed by atoms with E-state index in [4.69, 9.17) is 41.5 Å². The van der Waals surface area contributed by atoms with E-state index in [0.717, 1.165) is 129 Å². The third-order valence-corrected chi connectivity index (χ3v) is 20.4. The Bertz CT molecular complexity index is 7450. The first-order valence-electron chi connectivity index (χ1n) is 39.4. The Labute approximate surface area is 793 Å². The van der Waals surface area contributed by atoms with Gasteiger partial charge in [-0.25, -0.2) is 57.4 Å². The zero-order valence-corrected chi connectivity index (χ0v) is 75.7. The normalized spacial score (nSPS) is 10.1. The fourth-order valence-electron chi connectivity index (χ4n) is 13.1. The molecule has 0 aliphatic heterocycles. The van der Waals surface area contributed by atoms with Gasteiger partial charge < -0.3 is 40.4 Å². The molecule has 19 aromatic rings. The molecule has 134 heavy (non-hydrogen) atoms. The summed E-state index contributed by atoms with van der Waals surface area (Å²) in [6.45, 7) is 0.788. The van der Waals surface area contributed by atoms with Gasteiger partial charge in [0, 0.05) is 170 Å². The Morgan fingerprint density at radius 1 is 0.403 bits per heavy atom. The minimum atomic E-state index is -1.00. The fourth-order valence-corrected chi connectivity index (χ4v) is 14.1. The lowest BCUT2D eigenvalue weighted by Crippen LogP contribution is -2.24. The van der Waals surface area contributed by atoms with Crippen LogP contribution in [0.2, 0.25) is 0 Å². The molecule has 0 saturated heterocycles. The number of aromatic nitrogens is 14. The highest BCUT2D eigenvalue weighted by Crippen LogP contribution is 2.35. The molecule has 0 unspecified atom stereocenters. The number of pyridine rings is 10. The van der Waals surface area contributed by atoms with Gasteiger partial charge in [-0.3, -0.25) is 19.6 Å². The highest BCUT2D eigenvalue weighted by atomic mass is 127. The lowest BCUT2D eigenvalue weighted by molar-refractivity contribution is 0.0940. The van der Waals surface area contributed by atoms with Crippen molar-refractivity contribution in [1.82, 2.24) is 79.2 Å². The molecule has 5 aromatic carbocycles. The van der Waals surface area contributed by atoms with Gasteiger partial charge in [0.2, 0.25) is 5.95 Å². The lowest BCUT2D eigenvalue weighted by atomic mass is 10.1. The maximum absolute atomic E-state index is 13.4. The number of amides is 2. The number of nitriles is 2. The van der Waals surface area contributed by atoms with Gasteiger partial charge in [-0.1, -0.05) is 82.7 Å². The predicted octanol–water partition coefficient (Wildman–Crippen LogP) is 18.1. The molecule has 19 rings (SSSR count). The van der Waals surface area contributed by atoms with Gasteiger partial charge in [0.05, 0.1) is 29.1 Å². The number of aromatic amines is 1. The van der Waals surface area contributed by atoms with Crippen molar-refractivity contribution in [3.8, 4) is 62.6 Å². The van der Waals surface area contributed by atoms with Crippen LogP contribution in [0, 0.1) is 55.4 Å². The summed E-state index contributed by atoms with van der Waals surface area (Å²) in [5.41, 5.74) is 22.4. The molecule has 0 saturated carbocycles. The summed E-state index contributed by atoms with van der Waals surface area (Å²) >= 11 is 3.31. The van der Waals surface area contributed by atoms with Crippen LogP contribution in [-0.2, 0) is 60.9 Å². The number of nitrogens with zero attached hydrogens (tertiary/aromatic N) is 15. The number of nitrogens with two attached hydrogens (primary N) is 1. The van der Waals surface area contributed by atoms with Crippen molar-refractivity contribution in [1.29, 1.82) is 10.5 Å². The maximum atomic E-state index is 13.4. The molecule has 668 valence electrons. The average molecular weight is 2030 g/mol. The Hall–Kier alpha value is -16.2. The number of carbonyl (C=O) groups excluding carboxylic acids is 2. The second-order valence-corrected chi connectivity index (χ2v) is 29.8. The van der Waals surface area contributed by atoms with Crippen molar-refractivity contribution >= 4 is 135 Å². The summed E-state index contributed by atoms with van der Waals surface area (Å²) < 4.78 is 124. The summed E-state index contributed by atoms with van der Waals surface area (Å²) in [7, 11) is 0. The van der Waals surface area contributed by atoms with Gasteiger partial charge in [0.25, 0.3) is 11.8 Å². The van der Waals surface area contributed by atoms with E-state index in [9.17, 15) is 31.5 Å². The standard InChI is InChI=1S/C26H20F2N6O.C19H16N4.C19H12N4.C13H9F3N2O.C13H9IN2.C6H3BrN2.3O2S/c27-22-6-5-16(11-23(22)28)13-34-26(35)20-4-2-9-31-25(20)32-14-18-12-17(7-10-29-18)21-15-33-24-19(21)3-1-8-30-24;2*20-12-15-11-14(8-10-21-15)18-13-23(16-5-2-1-3-6-16)19-17(18)7-4-9-22-19;14-10-4-3-8(6-11(10)15)7-18-13(19)9-2-1-5-17-12(9)16;14-12-9-16(10-5-2-1-3-6-10)13-11(12)7-4-8-15-13;7-5-1-2-9-6(3-5)4-8;3*1-3-2/h1-12,15H,13-14H2,(H,30,33)(H,31,32)(H,34,35);1-11,13H,12,20H2;1-11,13H;1-6H,7H2,(H,18,19);1-9H;1-3H;;;. The second kappa shape index (κ2) is 50.6. The lowest BCUT2D eigenvalue weighted by Gasteiger charge is -2.12. The molecule has 14 heterocycles. The number of hydrogen-bond donors (Lipinski definition) is 5. The number of para-hydroxylation sites is 3. The average Bonchev–Trinajstić information content (AvgIpc) is 1.63. The monoisotopic (exact) mass is 2030 g/mol. The second-order valence-electron chi connectivity index (χ2n) is 27.4. The van der Waals surface area contributed by atoms with Gasteiger partial charge in [0.1, 0.15) is 51.9 Å². The summed E-state index contributed by atoms with van der Waals surface area (Å²) in [6, 6.07) is 78.5. The molecule has 0 aliphatic carbocycles. The molecule has 38 heteroatoms. The van der Waals surface area contributed by atoms with Crippen LogP contribution >= 0.6 is 38.5 Å². The van der Waals surface area contributed by atoms with E-state index in [1.807, 2.05) is 158 Å². The van der Waals surface area contributed by atoms with E-state index < -0.39 is 75.7 Å². The Morgan fingerprint density at radius 2 is 0.813 bits per heavy atom. The van der Waals surface area contributed by atoms with Gasteiger partial charge in [-0.15, -0.1) is 0 Å². The van der Waals surface area contributed by atoms with Crippen LogP contribution in [0.3, 0.4) is 0 Å². The van der Waals surface area contributed by atoms with E-state index in [1.54, 1.807) is 73.7 Å². The number of anilines is 1. The van der Waals surface area contributed by atoms with Gasteiger partial charge >= 0.3 is 34.7 Å². The number of H-pyrrole nitrogens is 1. The zero-order valence-electron chi connectivity index (χ0n) is 69.5. The first kappa shape index (κ1) is 98.4. The van der Waals surface area contributed by atoms with Crippen molar-refractivity contribution < 1.29 is 56.8 Å². The van der Waals surface area contributed by atoms with E-state index >= 15 is 0 Å². The summed E-state index contributed by atoms with van der Waals surface area (Å²) in [6.07, 6.45) is 25.0. The first-order chi connectivity index (χ1) is 65.3. The third kappa shape index (κ3) is 27.0. The molecule has 0 spiro atoms. The van der Waals surface area contributed by atoms with Crippen LogP contribution < -0.4 is 21.7 Å². The Balaban J connectivity index is 0.000000157. The highest BCUT2D eigenvalue weighted by molar-refractivity contribution is 14.1. The zero-order chi connectivity index (χ0) is 95.1. The number of halogens is 7. The Morgan fingerprint density at radius 3 is 1.31 bits per heavy atom. The van der Waals surface area contributed by atoms with Gasteiger partial charge in [0.15, 0.2) is 23.3 Å². The van der Waals surface area contributed by atoms with Crippen molar-refractivity contribution in [2.45, 2.75) is 26.2 Å². The summed E-state index contributed by atoms with van der Waals surface area (Å²) in [5, 5.41) is 30.1. The van der Waals surface area contributed by atoms with Crippen LogP contribution in [0.25, 0.3) is 94.6 Å². The minimum absolute atomic E-state index is 0.0373. The van der Waals surface area contributed by atoms with Crippen LogP contribution in [0.1, 0.15) is 54.6 Å². The molecule has 0 atom stereocenters. The molecule has 0 aliphatic rings. The van der Waals surface area contributed by atoms with Crippen molar-refractivity contribution in [2.24, 2.45) is 5.73 Å². The molecule has 6 N–H and O–H groups in total. The first-order valence-corrected chi connectivity index (χ1v) is 43.3. The van der Waals surface area contributed by atoms with Crippen LogP contribution in [0.5, 0.6) is 0 Å². The quantitative estimate of drug-likeness (QED) is 0.0341. The number of hydrogen-bond acceptors (Lipinski definition) is 22. The summed E-state index contributed by atoms with van der Waals surface area (Å²) in [4.78, 5) is 69.6. The minimum Gasteiger partial charge on any atom is -0.364 e.